The monoisotopic (exact) mass is 404 g/mol. The standard InChI is InChI=1S/C26H20N4O/c1-18-9-7-12-20(17-18)25-28-24(29-30(25)21-13-3-2-4-14-21)26(31)27-23-16-8-11-19-10-5-6-15-22(19)23/h2-17H,1H3,(H,27,31). The summed E-state index contributed by atoms with van der Waals surface area (Å²) in [6.07, 6.45) is 0. The Bertz CT molecular complexity index is 1380. The number of aromatic nitrogens is 3. The van der Waals surface area contributed by atoms with Crippen LogP contribution < -0.4 is 5.32 Å². The van der Waals surface area contributed by atoms with Crippen LogP contribution in [-0.4, -0.2) is 20.7 Å². The molecule has 0 bridgehead atoms. The maximum absolute atomic E-state index is 13.1. The summed E-state index contributed by atoms with van der Waals surface area (Å²) in [6.45, 7) is 2.03. The van der Waals surface area contributed by atoms with Crippen LogP contribution in [0, 0.1) is 6.92 Å². The van der Waals surface area contributed by atoms with Gasteiger partial charge in [-0.25, -0.2) is 9.67 Å². The minimum atomic E-state index is -0.347. The molecule has 150 valence electrons. The quantitative estimate of drug-likeness (QED) is 0.421. The summed E-state index contributed by atoms with van der Waals surface area (Å²) in [4.78, 5) is 17.7. The van der Waals surface area contributed by atoms with Gasteiger partial charge in [0.1, 0.15) is 0 Å². The molecule has 0 aliphatic heterocycles. The van der Waals surface area contributed by atoms with Gasteiger partial charge in [-0.05, 0) is 36.6 Å². The molecule has 1 N–H and O–H groups in total. The van der Waals surface area contributed by atoms with Crippen LogP contribution in [-0.2, 0) is 0 Å². The zero-order valence-electron chi connectivity index (χ0n) is 17.0. The van der Waals surface area contributed by atoms with Crippen molar-refractivity contribution in [3.05, 3.63) is 108 Å². The smallest absolute Gasteiger partial charge is 0.295 e. The van der Waals surface area contributed by atoms with Gasteiger partial charge in [-0.2, -0.15) is 0 Å². The van der Waals surface area contributed by atoms with Crippen molar-refractivity contribution in [3.63, 3.8) is 0 Å². The summed E-state index contributed by atoms with van der Waals surface area (Å²) >= 11 is 0. The highest BCUT2D eigenvalue weighted by Gasteiger charge is 2.19. The molecule has 5 heteroatoms. The molecule has 0 saturated heterocycles. The third-order valence-corrected chi connectivity index (χ3v) is 5.13. The topological polar surface area (TPSA) is 59.8 Å². The predicted molar refractivity (Wildman–Crippen MR) is 123 cm³/mol. The molecular formula is C26H20N4O. The first-order valence-corrected chi connectivity index (χ1v) is 10.1. The molecule has 1 aromatic heterocycles. The Labute approximate surface area is 180 Å². The molecule has 5 nitrogen and oxygen atoms in total. The van der Waals surface area contributed by atoms with E-state index in [0.29, 0.717) is 5.82 Å². The van der Waals surface area contributed by atoms with E-state index in [2.05, 4.69) is 15.4 Å². The fourth-order valence-corrected chi connectivity index (χ4v) is 3.64. The largest absolute Gasteiger partial charge is 0.319 e. The Morgan fingerprint density at radius 1 is 0.839 bits per heavy atom. The minimum absolute atomic E-state index is 0.119. The highest BCUT2D eigenvalue weighted by molar-refractivity contribution is 6.07. The second kappa shape index (κ2) is 7.88. The number of para-hydroxylation sites is 1. The lowest BCUT2D eigenvalue weighted by Crippen LogP contribution is -2.14. The minimum Gasteiger partial charge on any atom is -0.319 e. The molecule has 0 unspecified atom stereocenters. The average molecular weight is 404 g/mol. The second-order valence-corrected chi connectivity index (χ2v) is 7.36. The fraction of sp³-hybridized carbons (Fsp3) is 0.0385. The van der Waals surface area contributed by atoms with E-state index in [1.807, 2.05) is 104 Å². The Morgan fingerprint density at radius 3 is 2.42 bits per heavy atom. The van der Waals surface area contributed by atoms with Gasteiger partial charge in [-0.15, -0.1) is 5.10 Å². The van der Waals surface area contributed by atoms with Crippen molar-refractivity contribution in [3.8, 4) is 17.1 Å². The number of hydrogen-bond donors (Lipinski definition) is 1. The van der Waals surface area contributed by atoms with Crippen molar-refractivity contribution in [1.82, 2.24) is 14.8 Å². The van der Waals surface area contributed by atoms with Crippen molar-refractivity contribution < 1.29 is 4.79 Å². The Morgan fingerprint density at radius 2 is 1.58 bits per heavy atom. The Balaban J connectivity index is 1.57. The first-order chi connectivity index (χ1) is 15.2. The molecule has 1 heterocycles. The zero-order chi connectivity index (χ0) is 21.2. The molecule has 1 amide bonds. The zero-order valence-corrected chi connectivity index (χ0v) is 17.0. The van der Waals surface area contributed by atoms with E-state index in [-0.39, 0.29) is 11.7 Å². The van der Waals surface area contributed by atoms with Gasteiger partial charge in [0.15, 0.2) is 5.82 Å². The maximum Gasteiger partial charge on any atom is 0.295 e. The van der Waals surface area contributed by atoms with Crippen LogP contribution in [0.3, 0.4) is 0 Å². The SMILES string of the molecule is Cc1cccc(-c2nc(C(=O)Nc3cccc4ccccc34)nn2-c2ccccc2)c1. The summed E-state index contributed by atoms with van der Waals surface area (Å²) in [5.41, 5.74) is 3.59. The van der Waals surface area contributed by atoms with E-state index in [1.165, 1.54) is 0 Å². The molecule has 0 saturated carbocycles. The highest BCUT2D eigenvalue weighted by Crippen LogP contribution is 2.25. The van der Waals surface area contributed by atoms with Crippen molar-refractivity contribution in [2.24, 2.45) is 0 Å². The van der Waals surface area contributed by atoms with E-state index in [0.717, 1.165) is 33.3 Å². The number of benzene rings is 4. The third-order valence-electron chi connectivity index (χ3n) is 5.13. The molecule has 0 atom stereocenters. The normalized spacial score (nSPS) is 10.9. The molecule has 5 rings (SSSR count). The summed E-state index contributed by atoms with van der Waals surface area (Å²) in [6, 6.07) is 31.5. The summed E-state index contributed by atoms with van der Waals surface area (Å²) in [7, 11) is 0. The number of anilines is 1. The molecule has 4 aromatic carbocycles. The van der Waals surface area contributed by atoms with Crippen LogP contribution in [0.15, 0.2) is 97.1 Å². The van der Waals surface area contributed by atoms with Gasteiger partial charge in [0.05, 0.1) is 5.69 Å². The van der Waals surface area contributed by atoms with Gasteiger partial charge in [0, 0.05) is 16.6 Å². The highest BCUT2D eigenvalue weighted by atomic mass is 16.2. The predicted octanol–water partition coefficient (Wildman–Crippen LogP) is 5.65. The fourth-order valence-electron chi connectivity index (χ4n) is 3.64. The summed E-state index contributed by atoms with van der Waals surface area (Å²) in [5.74, 6) is 0.395. The number of aryl methyl sites for hydroxylation is 1. The van der Waals surface area contributed by atoms with Crippen molar-refractivity contribution >= 4 is 22.4 Å². The summed E-state index contributed by atoms with van der Waals surface area (Å²) < 4.78 is 1.72. The van der Waals surface area contributed by atoms with Crippen molar-refractivity contribution in [2.75, 3.05) is 5.32 Å². The van der Waals surface area contributed by atoms with Gasteiger partial charge < -0.3 is 5.32 Å². The molecule has 0 aliphatic rings. The molecule has 5 aromatic rings. The average Bonchev–Trinajstić information content (AvgIpc) is 3.26. The van der Waals surface area contributed by atoms with E-state index < -0.39 is 0 Å². The number of hydrogen-bond acceptors (Lipinski definition) is 3. The molecule has 0 radical (unpaired) electrons. The lowest BCUT2D eigenvalue weighted by Gasteiger charge is -2.07. The summed E-state index contributed by atoms with van der Waals surface area (Å²) in [5, 5.41) is 9.57. The first kappa shape index (κ1) is 18.8. The van der Waals surface area contributed by atoms with Crippen LogP contribution >= 0.6 is 0 Å². The number of fused-ring (bicyclic) bond motifs is 1. The number of nitrogens with one attached hydrogen (secondary N) is 1. The van der Waals surface area contributed by atoms with E-state index in [9.17, 15) is 4.79 Å². The lowest BCUT2D eigenvalue weighted by atomic mass is 10.1. The van der Waals surface area contributed by atoms with Gasteiger partial charge in [0.25, 0.3) is 5.91 Å². The molecule has 31 heavy (non-hydrogen) atoms. The van der Waals surface area contributed by atoms with Gasteiger partial charge in [-0.1, -0.05) is 78.4 Å². The van der Waals surface area contributed by atoms with Gasteiger partial charge in [0.2, 0.25) is 5.82 Å². The molecular weight excluding hydrogens is 384 g/mol. The second-order valence-electron chi connectivity index (χ2n) is 7.36. The van der Waals surface area contributed by atoms with Gasteiger partial charge >= 0.3 is 0 Å². The van der Waals surface area contributed by atoms with Crippen molar-refractivity contribution in [1.29, 1.82) is 0 Å². The van der Waals surface area contributed by atoms with Gasteiger partial charge in [-0.3, -0.25) is 4.79 Å². The van der Waals surface area contributed by atoms with Crippen LogP contribution in [0.4, 0.5) is 5.69 Å². The first-order valence-electron chi connectivity index (χ1n) is 10.1. The lowest BCUT2D eigenvalue weighted by molar-refractivity contribution is 0.101. The van der Waals surface area contributed by atoms with E-state index >= 15 is 0 Å². The number of amides is 1. The van der Waals surface area contributed by atoms with Crippen LogP contribution in [0.5, 0.6) is 0 Å². The van der Waals surface area contributed by atoms with Crippen LogP contribution in [0.25, 0.3) is 27.8 Å². The van der Waals surface area contributed by atoms with Crippen molar-refractivity contribution in [2.45, 2.75) is 6.92 Å². The maximum atomic E-state index is 13.1. The number of carbonyl (C=O) groups is 1. The number of nitrogens with zero attached hydrogens (tertiary/aromatic N) is 3. The van der Waals surface area contributed by atoms with Crippen LogP contribution in [0.2, 0.25) is 0 Å². The number of rotatable bonds is 4. The number of carbonyl (C=O) groups excluding carboxylic acids is 1. The third kappa shape index (κ3) is 3.69. The molecule has 0 aliphatic carbocycles. The van der Waals surface area contributed by atoms with E-state index in [1.54, 1.807) is 4.68 Å². The molecule has 0 spiro atoms. The Kier molecular flexibility index (Phi) is 4.77. The van der Waals surface area contributed by atoms with Crippen LogP contribution in [0.1, 0.15) is 16.2 Å². The van der Waals surface area contributed by atoms with E-state index in [4.69, 9.17) is 0 Å². The Hall–Kier alpha value is -4.25. The molecule has 0 fully saturated rings.